The standard InChI is InChI=1S/C5H12N2O2Se.ClH/c6-1-2-10-3-4(7)5(8)9;/h4H,1-3,6-7H2,(H,8,9);1H. The number of hydrogen-bond donors (Lipinski definition) is 3. The molecule has 6 heteroatoms. The average Bonchev–Trinajstić information content (AvgIpc) is 1.88. The molecule has 0 amide bonds. The molecule has 11 heavy (non-hydrogen) atoms. The molecule has 0 heterocycles. The van der Waals surface area contributed by atoms with Crippen LogP contribution in [0.1, 0.15) is 0 Å². The molecule has 0 aromatic rings. The van der Waals surface area contributed by atoms with Crippen LogP contribution < -0.4 is 23.9 Å². The van der Waals surface area contributed by atoms with Gasteiger partial charge >= 0.3 is 65.5 Å². The number of aliphatic carboxylic acids is 1. The summed E-state index contributed by atoms with van der Waals surface area (Å²) in [7, 11) is 0. The van der Waals surface area contributed by atoms with Gasteiger partial charge in [-0.25, -0.2) is 0 Å². The molecule has 1 unspecified atom stereocenters. The number of carbonyl (C=O) groups is 1. The van der Waals surface area contributed by atoms with E-state index in [9.17, 15) is 4.79 Å². The molecule has 0 aliphatic carbocycles. The smallest absolute Gasteiger partial charge is 1.00 e. The summed E-state index contributed by atoms with van der Waals surface area (Å²) >= 11 is 0.361. The second-order valence-corrected chi connectivity index (χ2v) is 4.29. The van der Waals surface area contributed by atoms with Gasteiger partial charge in [-0.15, -0.1) is 0 Å². The molecule has 0 fully saturated rings. The van der Waals surface area contributed by atoms with Crippen LogP contribution in [0, 0.1) is 0 Å². The van der Waals surface area contributed by atoms with Crippen LogP contribution in [-0.4, -0.2) is 38.6 Å². The second kappa shape index (κ2) is 8.30. The van der Waals surface area contributed by atoms with Crippen molar-refractivity contribution < 1.29 is 28.0 Å². The quantitative estimate of drug-likeness (QED) is 0.336. The molecule has 0 saturated carbocycles. The van der Waals surface area contributed by atoms with Gasteiger partial charge in [0.25, 0.3) is 0 Å². The maximum absolute atomic E-state index is 10.2. The summed E-state index contributed by atoms with van der Waals surface area (Å²) in [5.41, 5.74) is 8.91. The van der Waals surface area contributed by atoms with Gasteiger partial charge in [0.15, 0.2) is 0 Å². The van der Waals surface area contributed by atoms with Gasteiger partial charge < -0.3 is 12.4 Å². The van der Waals surface area contributed by atoms with Crippen LogP contribution in [-0.2, 0) is 4.79 Å². The van der Waals surface area contributed by atoms with Crippen molar-refractivity contribution in [2.45, 2.75) is 16.7 Å². The van der Waals surface area contributed by atoms with E-state index < -0.39 is 12.0 Å². The zero-order valence-electron chi connectivity index (χ0n) is 6.12. The molecular formula is C5H13ClN2O2Se. The van der Waals surface area contributed by atoms with E-state index in [1.54, 1.807) is 0 Å². The van der Waals surface area contributed by atoms with E-state index in [2.05, 4.69) is 5.73 Å². The normalized spacial score (nSPS) is 11.8. The summed E-state index contributed by atoms with van der Waals surface area (Å²) in [6.07, 6.45) is 0. The monoisotopic (exact) mass is 248 g/mol. The van der Waals surface area contributed by atoms with Crippen molar-refractivity contribution in [2.75, 3.05) is 6.54 Å². The minimum atomic E-state index is -0.897. The van der Waals surface area contributed by atoms with Crippen LogP contribution in [0.15, 0.2) is 0 Å². The Morgan fingerprint density at radius 3 is 2.64 bits per heavy atom. The van der Waals surface area contributed by atoms with Gasteiger partial charge in [-0.05, 0) is 0 Å². The Kier molecular flexibility index (Phi) is 10.4. The van der Waals surface area contributed by atoms with Crippen molar-refractivity contribution in [3.05, 3.63) is 0 Å². The van der Waals surface area contributed by atoms with E-state index in [1.807, 2.05) is 0 Å². The Labute approximate surface area is 78.3 Å². The molecule has 4 nitrogen and oxygen atoms in total. The Hall–Kier alpha value is 0.199. The molecule has 68 valence electrons. The van der Waals surface area contributed by atoms with Crippen LogP contribution in [0.3, 0.4) is 0 Å². The molecule has 0 aliphatic rings. The fourth-order valence-corrected chi connectivity index (χ4v) is 1.99. The number of halogens is 1. The van der Waals surface area contributed by atoms with Gasteiger partial charge in [0.05, 0.1) is 0 Å². The van der Waals surface area contributed by atoms with Crippen molar-refractivity contribution in [2.24, 2.45) is 5.73 Å². The largest absolute Gasteiger partial charge is 1.00 e. The summed E-state index contributed by atoms with van der Waals surface area (Å²) in [5, 5.41) is 10.00. The third-order valence-electron chi connectivity index (χ3n) is 0.903. The van der Waals surface area contributed by atoms with Crippen LogP contribution in [0.5, 0.6) is 0 Å². The molecule has 0 spiro atoms. The Morgan fingerprint density at radius 1 is 1.73 bits per heavy atom. The number of carboxylic acid groups (broad SMARTS) is 1. The van der Waals surface area contributed by atoms with Gasteiger partial charge in [-0.1, -0.05) is 0 Å². The summed E-state index contributed by atoms with van der Waals surface area (Å²) < 4.78 is 0. The summed E-state index contributed by atoms with van der Waals surface area (Å²) in [6.45, 7) is 0.881. The van der Waals surface area contributed by atoms with E-state index in [0.717, 1.165) is 11.9 Å². The Morgan fingerprint density at radius 2 is 2.27 bits per heavy atom. The maximum atomic E-state index is 10.2. The molecule has 0 radical (unpaired) electrons. The number of carboxylic acids is 1. The molecule has 0 rings (SSSR count). The van der Waals surface area contributed by atoms with E-state index in [0.29, 0.717) is 20.3 Å². The first kappa shape index (κ1) is 13.8. The molecule has 0 bridgehead atoms. The van der Waals surface area contributed by atoms with E-state index in [1.165, 1.54) is 0 Å². The second-order valence-electron chi connectivity index (χ2n) is 1.87. The molecule has 0 aromatic heterocycles. The molecule has 0 aliphatic heterocycles. The predicted molar refractivity (Wildman–Crippen MR) is 38.7 cm³/mol. The van der Waals surface area contributed by atoms with Crippen molar-refractivity contribution in [1.29, 1.82) is 0 Å². The van der Waals surface area contributed by atoms with Crippen LogP contribution >= 0.6 is 0 Å². The number of rotatable bonds is 5. The van der Waals surface area contributed by atoms with Gasteiger partial charge in [0.1, 0.15) is 0 Å². The van der Waals surface area contributed by atoms with Crippen molar-refractivity contribution in [1.82, 2.24) is 0 Å². The fraction of sp³-hybridized carbons (Fsp3) is 0.800. The maximum Gasteiger partial charge on any atom is -1.00 e. The van der Waals surface area contributed by atoms with E-state index in [-0.39, 0.29) is 12.4 Å². The van der Waals surface area contributed by atoms with E-state index in [4.69, 9.17) is 10.8 Å². The van der Waals surface area contributed by atoms with Crippen LogP contribution in [0.4, 0.5) is 0 Å². The number of hydrogen-bond acceptors (Lipinski definition) is 2. The third kappa shape index (κ3) is 8.10. The minimum absolute atomic E-state index is 0. The van der Waals surface area contributed by atoms with Crippen molar-refractivity contribution in [3.8, 4) is 0 Å². The average molecular weight is 248 g/mol. The first-order chi connectivity index (χ1) is 4.68. The SMILES string of the molecule is NC(C[Se]CC[NH3+])C(=O)O.[Cl-]. The molecule has 0 aromatic carbocycles. The van der Waals surface area contributed by atoms with Crippen LogP contribution in [0.2, 0.25) is 10.6 Å². The topological polar surface area (TPSA) is 91.0 Å². The zero-order chi connectivity index (χ0) is 7.98. The first-order valence-electron chi connectivity index (χ1n) is 3.04. The molecule has 6 N–H and O–H groups in total. The van der Waals surface area contributed by atoms with Crippen molar-refractivity contribution >= 4 is 20.9 Å². The Bertz CT molecular complexity index is 115. The summed E-state index contributed by atoms with van der Waals surface area (Å²) in [6, 6.07) is -0.661. The first-order valence-corrected chi connectivity index (χ1v) is 5.46. The minimum Gasteiger partial charge on any atom is -1.00 e. The van der Waals surface area contributed by atoms with Gasteiger partial charge in [-0.3, -0.25) is 0 Å². The summed E-state index contributed by atoms with van der Waals surface area (Å²) in [5.74, 6) is -0.897. The molecular weight excluding hydrogens is 234 g/mol. The third-order valence-corrected chi connectivity index (χ3v) is 3.36. The van der Waals surface area contributed by atoms with Crippen molar-refractivity contribution in [3.63, 3.8) is 0 Å². The van der Waals surface area contributed by atoms with E-state index >= 15 is 0 Å². The predicted octanol–water partition coefficient (Wildman–Crippen LogP) is -4.81. The number of quaternary nitrogens is 1. The Balaban J connectivity index is 0. The number of nitrogens with two attached hydrogens (primary N) is 1. The fourth-order valence-electron chi connectivity index (χ4n) is 0.384. The van der Waals surface area contributed by atoms with Gasteiger partial charge in [0.2, 0.25) is 0 Å². The zero-order valence-corrected chi connectivity index (χ0v) is 8.59. The molecule has 1 atom stereocenters. The summed E-state index contributed by atoms with van der Waals surface area (Å²) in [4.78, 5) is 10.2. The van der Waals surface area contributed by atoms with Gasteiger partial charge in [0, 0.05) is 0 Å². The molecule has 0 saturated heterocycles. The van der Waals surface area contributed by atoms with Crippen LogP contribution in [0.25, 0.3) is 0 Å². The van der Waals surface area contributed by atoms with Gasteiger partial charge in [-0.2, -0.15) is 0 Å².